The maximum absolute atomic E-state index is 12.4. The van der Waals surface area contributed by atoms with Crippen molar-refractivity contribution in [3.8, 4) is 0 Å². The largest absolute Gasteiger partial charge is 0.273 e. The number of carbonyl (C=O) groups excluding carboxylic acids is 2. The number of benzene rings is 1. The first-order chi connectivity index (χ1) is 12.9. The summed E-state index contributed by atoms with van der Waals surface area (Å²) in [5.41, 5.74) is 5.94. The molecule has 2 amide bonds. The van der Waals surface area contributed by atoms with Gasteiger partial charge in [0.2, 0.25) is 5.91 Å². The van der Waals surface area contributed by atoms with E-state index in [2.05, 4.69) is 10.9 Å². The van der Waals surface area contributed by atoms with E-state index in [1.54, 1.807) is 24.3 Å². The summed E-state index contributed by atoms with van der Waals surface area (Å²) in [6.45, 7) is 0. The van der Waals surface area contributed by atoms with E-state index in [4.69, 9.17) is 23.2 Å². The Morgan fingerprint density at radius 3 is 2.07 bits per heavy atom. The molecule has 4 aliphatic carbocycles. The molecule has 4 aliphatic rings. The van der Waals surface area contributed by atoms with Crippen molar-refractivity contribution < 1.29 is 9.59 Å². The Morgan fingerprint density at radius 1 is 0.963 bits per heavy atom. The Kier molecular flexibility index (Phi) is 5.21. The van der Waals surface area contributed by atoms with Gasteiger partial charge in [-0.3, -0.25) is 20.4 Å². The first-order valence-electron chi connectivity index (χ1n) is 9.62. The minimum Gasteiger partial charge on any atom is -0.273 e. The smallest absolute Gasteiger partial charge is 0.262 e. The summed E-state index contributed by atoms with van der Waals surface area (Å²) in [5.74, 6) is 1.96. The normalized spacial score (nSPS) is 31.3. The van der Waals surface area contributed by atoms with Gasteiger partial charge < -0.3 is 0 Å². The molecule has 27 heavy (non-hydrogen) atoms. The van der Waals surface area contributed by atoms with Gasteiger partial charge in [-0.15, -0.1) is 0 Å². The van der Waals surface area contributed by atoms with E-state index in [9.17, 15) is 9.59 Å². The van der Waals surface area contributed by atoms with Gasteiger partial charge in [0.25, 0.3) is 5.91 Å². The molecule has 0 aromatic heterocycles. The number of hydrogen-bond acceptors (Lipinski definition) is 2. The number of hydrogen-bond donors (Lipinski definition) is 2. The van der Waals surface area contributed by atoms with Crippen LogP contribution in [-0.2, 0) is 9.59 Å². The van der Waals surface area contributed by atoms with Crippen molar-refractivity contribution in [1.29, 1.82) is 0 Å². The van der Waals surface area contributed by atoms with Gasteiger partial charge in [-0.05, 0) is 91.5 Å². The van der Waals surface area contributed by atoms with E-state index in [0.717, 1.165) is 23.3 Å². The zero-order chi connectivity index (χ0) is 19.0. The predicted octanol–water partition coefficient (Wildman–Crippen LogP) is 4.76. The zero-order valence-corrected chi connectivity index (χ0v) is 16.7. The molecular weight excluding hydrogens is 383 g/mol. The number of nitrogens with one attached hydrogen (secondary N) is 2. The van der Waals surface area contributed by atoms with Crippen molar-refractivity contribution in [3.05, 3.63) is 39.9 Å². The monoisotopic (exact) mass is 406 g/mol. The Hall–Kier alpha value is -1.52. The standard InChI is InChI=1S/C21H24Cl2N2O2/c22-17-6-13(7-18(23)8-17)1-2-19(26)24-25-20(27)12-21-9-14-3-15(10-21)5-16(4-14)11-21/h1-2,6-8,14-16H,3-5,9-12H2,(H,24,26)(H,25,27)/b2-1+. The molecule has 0 radical (unpaired) electrons. The van der Waals surface area contributed by atoms with Gasteiger partial charge in [0.1, 0.15) is 0 Å². The van der Waals surface area contributed by atoms with Crippen molar-refractivity contribution >= 4 is 41.1 Å². The summed E-state index contributed by atoms with van der Waals surface area (Å²) in [5, 5.41) is 1.01. The quantitative estimate of drug-likeness (QED) is 0.559. The average molecular weight is 407 g/mol. The van der Waals surface area contributed by atoms with E-state index in [0.29, 0.717) is 16.5 Å². The van der Waals surface area contributed by atoms with Crippen LogP contribution in [0.1, 0.15) is 50.5 Å². The van der Waals surface area contributed by atoms with Crippen molar-refractivity contribution in [2.24, 2.45) is 23.2 Å². The van der Waals surface area contributed by atoms with E-state index < -0.39 is 0 Å². The highest BCUT2D eigenvalue weighted by Gasteiger charge is 2.51. The fourth-order valence-electron chi connectivity index (χ4n) is 5.91. The van der Waals surface area contributed by atoms with Gasteiger partial charge in [0.05, 0.1) is 0 Å². The SMILES string of the molecule is O=C(/C=C/c1cc(Cl)cc(Cl)c1)NNC(=O)CC12CC3CC(CC(C3)C1)C2. The molecule has 4 bridgehead atoms. The second-order valence-corrected chi connectivity index (χ2v) is 9.54. The fraction of sp³-hybridized carbons (Fsp3) is 0.524. The molecule has 2 N–H and O–H groups in total. The molecular formula is C21H24Cl2N2O2. The maximum Gasteiger partial charge on any atom is 0.262 e. The lowest BCUT2D eigenvalue weighted by Gasteiger charge is -2.56. The first kappa shape index (κ1) is 18.8. The number of halogens is 2. The van der Waals surface area contributed by atoms with Crippen LogP contribution in [0.15, 0.2) is 24.3 Å². The van der Waals surface area contributed by atoms with Crippen LogP contribution in [0.3, 0.4) is 0 Å². The van der Waals surface area contributed by atoms with Crippen molar-refractivity contribution in [2.45, 2.75) is 44.9 Å². The molecule has 1 aromatic rings. The Morgan fingerprint density at radius 2 is 1.52 bits per heavy atom. The van der Waals surface area contributed by atoms with Crippen LogP contribution in [0.25, 0.3) is 6.08 Å². The highest BCUT2D eigenvalue weighted by atomic mass is 35.5. The molecule has 0 aliphatic heterocycles. The van der Waals surface area contributed by atoms with Crippen LogP contribution in [0.5, 0.6) is 0 Å². The Bertz CT molecular complexity index is 735. The molecule has 1 aromatic carbocycles. The van der Waals surface area contributed by atoms with Gasteiger partial charge in [-0.1, -0.05) is 23.2 Å². The van der Waals surface area contributed by atoms with Gasteiger partial charge >= 0.3 is 0 Å². The van der Waals surface area contributed by atoms with Gasteiger partial charge in [0.15, 0.2) is 0 Å². The summed E-state index contributed by atoms with van der Waals surface area (Å²) in [6.07, 6.45) is 11.1. The van der Waals surface area contributed by atoms with Gasteiger partial charge in [-0.25, -0.2) is 0 Å². The molecule has 4 saturated carbocycles. The summed E-state index contributed by atoms with van der Waals surface area (Å²) in [4.78, 5) is 24.4. The van der Waals surface area contributed by atoms with Crippen molar-refractivity contribution in [3.63, 3.8) is 0 Å². The second kappa shape index (κ2) is 7.48. The average Bonchev–Trinajstić information content (AvgIpc) is 2.55. The predicted molar refractivity (Wildman–Crippen MR) is 107 cm³/mol. The first-order valence-corrected chi connectivity index (χ1v) is 10.4. The maximum atomic E-state index is 12.4. The van der Waals surface area contributed by atoms with Gasteiger partial charge in [0, 0.05) is 22.5 Å². The van der Waals surface area contributed by atoms with Gasteiger partial charge in [-0.2, -0.15) is 0 Å². The lowest BCUT2D eigenvalue weighted by atomic mass is 9.49. The van der Waals surface area contributed by atoms with E-state index in [-0.39, 0.29) is 17.2 Å². The topological polar surface area (TPSA) is 58.2 Å². The van der Waals surface area contributed by atoms with E-state index >= 15 is 0 Å². The molecule has 0 unspecified atom stereocenters. The van der Waals surface area contributed by atoms with Crippen LogP contribution in [-0.4, -0.2) is 11.8 Å². The molecule has 5 rings (SSSR count). The molecule has 0 saturated heterocycles. The minimum atomic E-state index is -0.384. The number of rotatable bonds is 4. The zero-order valence-electron chi connectivity index (χ0n) is 15.1. The molecule has 6 heteroatoms. The molecule has 4 fully saturated rings. The highest BCUT2D eigenvalue weighted by molar-refractivity contribution is 6.34. The fourth-order valence-corrected chi connectivity index (χ4v) is 6.45. The van der Waals surface area contributed by atoms with E-state index in [1.165, 1.54) is 44.6 Å². The lowest BCUT2D eigenvalue weighted by Crippen LogP contribution is -2.49. The van der Waals surface area contributed by atoms with Crippen LogP contribution < -0.4 is 10.9 Å². The van der Waals surface area contributed by atoms with Crippen LogP contribution in [0, 0.1) is 23.2 Å². The van der Waals surface area contributed by atoms with E-state index in [1.807, 2.05) is 0 Å². The van der Waals surface area contributed by atoms with Crippen molar-refractivity contribution in [2.75, 3.05) is 0 Å². The lowest BCUT2D eigenvalue weighted by molar-refractivity contribution is -0.133. The Balaban J connectivity index is 1.28. The van der Waals surface area contributed by atoms with Crippen LogP contribution in [0.4, 0.5) is 0 Å². The number of amides is 2. The number of hydrazine groups is 1. The third kappa shape index (κ3) is 4.49. The molecule has 0 heterocycles. The summed E-state index contributed by atoms with van der Waals surface area (Å²) in [7, 11) is 0. The minimum absolute atomic E-state index is 0.0931. The Labute approximate surface area is 169 Å². The second-order valence-electron chi connectivity index (χ2n) is 8.67. The van der Waals surface area contributed by atoms with Crippen LogP contribution in [0.2, 0.25) is 10.0 Å². The molecule has 0 spiro atoms. The summed E-state index contributed by atoms with van der Waals surface area (Å²) in [6, 6.07) is 5.05. The molecule has 0 atom stereocenters. The number of carbonyl (C=O) groups is 2. The summed E-state index contributed by atoms with van der Waals surface area (Å²) >= 11 is 11.9. The highest BCUT2D eigenvalue weighted by Crippen LogP contribution is 2.61. The summed E-state index contributed by atoms with van der Waals surface area (Å²) < 4.78 is 0. The third-order valence-electron chi connectivity index (χ3n) is 6.34. The van der Waals surface area contributed by atoms with Crippen molar-refractivity contribution in [1.82, 2.24) is 10.9 Å². The third-order valence-corrected chi connectivity index (χ3v) is 6.77. The molecule has 4 nitrogen and oxygen atoms in total. The van der Waals surface area contributed by atoms with Crippen LogP contribution >= 0.6 is 23.2 Å². The molecule has 144 valence electrons.